The minimum atomic E-state index is -0.707. The molecule has 0 radical (unpaired) electrons. The maximum absolute atomic E-state index is 12.3. The number of carbonyl (C=O) groups is 2. The number of benzene rings is 1. The highest BCUT2D eigenvalue weighted by molar-refractivity contribution is 6.09. The average molecular weight is 281 g/mol. The normalized spacial score (nSPS) is 24.2. The summed E-state index contributed by atoms with van der Waals surface area (Å²) in [6, 6.07) is 11.8. The molecule has 1 saturated heterocycles. The molecule has 2 aliphatic rings. The third kappa shape index (κ3) is 1.75. The fraction of sp³-hybridized carbons (Fsp3) is 0.294. The van der Waals surface area contributed by atoms with Gasteiger partial charge in [-0.15, -0.1) is 0 Å². The molecule has 1 aromatic heterocycles. The minimum Gasteiger partial charge on any atom is -0.461 e. The lowest BCUT2D eigenvalue weighted by Gasteiger charge is -2.28. The van der Waals surface area contributed by atoms with E-state index in [1.807, 2.05) is 36.4 Å². The number of rotatable bonds is 1. The van der Waals surface area contributed by atoms with Crippen molar-refractivity contribution in [3.8, 4) is 11.3 Å². The lowest BCUT2D eigenvalue weighted by Crippen LogP contribution is -2.38. The molecule has 2 heterocycles. The highest BCUT2D eigenvalue weighted by Crippen LogP contribution is 2.45. The molecule has 1 aromatic carbocycles. The van der Waals surface area contributed by atoms with Crippen molar-refractivity contribution in [2.24, 2.45) is 0 Å². The van der Waals surface area contributed by atoms with Crippen molar-refractivity contribution in [1.82, 2.24) is 5.32 Å². The third-order valence-electron chi connectivity index (χ3n) is 4.54. The Morgan fingerprint density at radius 3 is 2.67 bits per heavy atom. The van der Waals surface area contributed by atoms with Crippen LogP contribution in [0.3, 0.4) is 0 Å². The molecule has 4 rings (SSSR count). The Balaban J connectivity index is 1.84. The second kappa shape index (κ2) is 4.32. The summed E-state index contributed by atoms with van der Waals surface area (Å²) in [5.41, 5.74) is 1.18. The molecule has 21 heavy (non-hydrogen) atoms. The van der Waals surface area contributed by atoms with E-state index in [1.54, 1.807) is 0 Å². The number of amides is 2. The molecular formula is C17H15NO3. The third-order valence-corrected chi connectivity index (χ3v) is 4.54. The van der Waals surface area contributed by atoms with Gasteiger partial charge in [-0.2, -0.15) is 0 Å². The first-order valence-corrected chi connectivity index (χ1v) is 7.22. The van der Waals surface area contributed by atoms with E-state index in [9.17, 15) is 9.59 Å². The van der Waals surface area contributed by atoms with Gasteiger partial charge >= 0.3 is 0 Å². The minimum absolute atomic E-state index is 0.172. The summed E-state index contributed by atoms with van der Waals surface area (Å²) in [5.74, 6) is 1.27. The van der Waals surface area contributed by atoms with Crippen LogP contribution >= 0.6 is 0 Å². The van der Waals surface area contributed by atoms with Crippen LogP contribution in [0.5, 0.6) is 0 Å². The van der Waals surface area contributed by atoms with Crippen molar-refractivity contribution in [2.75, 3.05) is 0 Å². The number of fused-ring (bicyclic) bond motifs is 2. The summed E-state index contributed by atoms with van der Waals surface area (Å²) in [5, 5.41) is 2.45. The first-order valence-electron chi connectivity index (χ1n) is 7.22. The molecule has 4 nitrogen and oxygen atoms in total. The van der Waals surface area contributed by atoms with E-state index >= 15 is 0 Å². The molecule has 1 spiro atoms. The van der Waals surface area contributed by atoms with Crippen molar-refractivity contribution < 1.29 is 14.0 Å². The highest BCUT2D eigenvalue weighted by Gasteiger charge is 2.51. The molecule has 0 saturated carbocycles. The Hall–Kier alpha value is -2.36. The van der Waals surface area contributed by atoms with Crippen LogP contribution in [0.4, 0.5) is 0 Å². The number of hydrogen-bond acceptors (Lipinski definition) is 3. The topological polar surface area (TPSA) is 59.3 Å². The second-order valence-corrected chi connectivity index (χ2v) is 5.80. The molecule has 1 aliphatic carbocycles. The molecule has 1 unspecified atom stereocenters. The molecule has 1 N–H and O–H groups in total. The van der Waals surface area contributed by atoms with Crippen molar-refractivity contribution >= 4 is 11.8 Å². The molecule has 2 amide bonds. The quantitative estimate of drug-likeness (QED) is 0.817. The van der Waals surface area contributed by atoms with Crippen LogP contribution in [0.2, 0.25) is 0 Å². The molecule has 0 bridgehead atoms. The number of imide groups is 1. The predicted molar refractivity (Wildman–Crippen MR) is 76.5 cm³/mol. The maximum Gasteiger partial charge on any atom is 0.237 e. The van der Waals surface area contributed by atoms with Crippen molar-refractivity contribution in [3.05, 3.63) is 47.7 Å². The number of nitrogens with one attached hydrogen (secondary N) is 1. The van der Waals surface area contributed by atoms with Crippen LogP contribution in [-0.4, -0.2) is 11.8 Å². The van der Waals surface area contributed by atoms with E-state index in [4.69, 9.17) is 4.42 Å². The molecule has 1 fully saturated rings. The van der Waals surface area contributed by atoms with Gasteiger partial charge in [0.2, 0.25) is 11.8 Å². The monoisotopic (exact) mass is 281 g/mol. The highest BCUT2D eigenvalue weighted by atomic mass is 16.3. The first kappa shape index (κ1) is 12.4. The van der Waals surface area contributed by atoms with Gasteiger partial charge in [0.05, 0.1) is 5.41 Å². The van der Waals surface area contributed by atoms with Crippen LogP contribution in [0, 0.1) is 0 Å². The Morgan fingerprint density at radius 2 is 1.95 bits per heavy atom. The van der Waals surface area contributed by atoms with Crippen molar-refractivity contribution in [1.29, 1.82) is 0 Å². The molecule has 4 heteroatoms. The Labute approximate surface area is 122 Å². The summed E-state index contributed by atoms with van der Waals surface area (Å²) in [6.07, 6.45) is 2.65. The van der Waals surface area contributed by atoms with Crippen LogP contribution in [0.1, 0.15) is 30.6 Å². The van der Waals surface area contributed by atoms with Gasteiger partial charge in [-0.3, -0.25) is 14.9 Å². The number of hydrogen-bond donors (Lipinski definition) is 1. The first-order chi connectivity index (χ1) is 10.2. The SMILES string of the molecule is O=C1CC2(CCCc3oc(-c4ccccc4)cc32)C(=O)N1. The zero-order valence-corrected chi connectivity index (χ0v) is 11.5. The molecule has 2 aromatic rings. The summed E-state index contributed by atoms with van der Waals surface area (Å²) in [4.78, 5) is 23.9. The number of furan rings is 1. The number of carbonyl (C=O) groups excluding carboxylic acids is 2. The summed E-state index contributed by atoms with van der Waals surface area (Å²) in [6.45, 7) is 0. The van der Waals surface area contributed by atoms with Crippen LogP contribution in [-0.2, 0) is 21.4 Å². The zero-order valence-electron chi connectivity index (χ0n) is 11.5. The van der Waals surface area contributed by atoms with Crippen LogP contribution < -0.4 is 5.32 Å². The lowest BCUT2D eigenvalue weighted by molar-refractivity contribution is -0.126. The number of aryl methyl sites for hydroxylation is 1. The fourth-order valence-electron chi connectivity index (χ4n) is 3.51. The van der Waals surface area contributed by atoms with Gasteiger partial charge in [0.1, 0.15) is 11.5 Å². The van der Waals surface area contributed by atoms with Crippen molar-refractivity contribution in [2.45, 2.75) is 31.1 Å². The van der Waals surface area contributed by atoms with Gasteiger partial charge in [0, 0.05) is 24.0 Å². The lowest BCUT2D eigenvalue weighted by atomic mass is 9.71. The summed E-state index contributed by atoms with van der Waals surface area (Å²) >= 11 is 0. The largest absolute Gasteiger partial charge is 0.461 e. The van der Waals surface area contributed by atoms with Gasteiger partial charge in [-0.05, 0) is 18.9 Å². The van der Waals surface area contributed by atoms with E-state index in [2.05, 4.69) is 5.32 Å². The van der Waals surface area contributed by atoms with Gasteiger partial charge in [0.25, 0.3) is 0 Å². The van der Waals surface area contributed by atoms with Crippen molar-refractivity contribution in [3.63, 3.8) is 0 Å². The molecule has 106 valence electrons. The Kier molecular flexibility index (Phi) is 2.55. The van der Waals surface area contributed by atoms with E-state index < -0.39 is 5.41 Å². The van der Waals surface area contributed by atoms with E-state index in [-0.39, 0.29) is 18.2 Å². The fourth-order valence-corrected chi connectivity index (χ4v) is 3.51. The summed E-state index contributed by atoms with van der Waals surface area (Å²) < 4.78 is 5.97. The van der Waals surface area contributed by atoms with Gasteiger partial charge in [0.15, 0.2) is 0 Å². The predicted octanol–water partition coefficient (Wildman–Crippen LogP) is 2.57. The van der Waals surface area contributed by atoms with E-state index in [0.717, 1.165) is 35.5 Å². The molecular weight excluding hydrogens is 266 g/mol. The second-order valence-electron chi connectivity index (χ2n) is 5.80. The average Bonchev–Trinajstić information content (AvgIpc) is 3.04. The van der Waals surface area contributed by atoms with E-state index in [0.29, 0.717) is 6.42 Å². The Bertz CT molecular complexity index is 732. The maximum atomic E-state index is 12.3. The van der Waals surface area contributed by atoms with Gasteiger partial charge in [-0.25, -0.2) is 0 Å². The standard InChI is InChI=1S/C17H15NO3/c19-15-10-17(16(20)18-15)8-4-7-13-12(17)9-14(21-13)11-5-2-1-3-6-11/h1-3,5-6,9H,4,7-8,10H2,(H,18,19,20). The molecule has 1 atom stereocenters. The van der Waals surface area contributed by atoms with Crippen LogP contribution in [0.15, 0.2) is 40.8 Å². The zero-order chi connectivity index (χ0) is 14.4. The van der Waals surface area contributed by atoms with Gasteiger partial charge in [-0.1, -0.05) is 30.3 Å². The smallest absolute Gasteiger partial charge is 0.237 e. The summed E-state index contributed by atoms with van der Waals surface area (Å²) in [7, 11) is 0. The Morgan fingerprint density at radius 1 is 1.14 bits per heavy atom. The van der Waals surface area contributed by atoms with Crippen LogP contribution in [0.25, 0.3) is 11.3 Å². The van der Waals surface area contributed by atoms with E-state index in [1.165, 1.54) is 0 Å². The van der Waals surface area contributed by atoms with Gasteiger partial charge < -0.3 is 4.42 Å². The molecule has 1 aliphatic heterocycles.